The first-order chi connectivity index (χ1) is 21.9. The first kappa shape index (κ1) is 29.8. The molecule has 0 radical (unpaired) electrons. The van der Waals surface area contributed by atoms with E-state index in [9.17, 15) is 14.4 Å². The molecule has 0 unspecified atom stereocenters. The number of thioether (sulfide) groups is 1. The number of carbonyl (C=O) groups excluding carboxylic acids is 3. The molecule has 1 aliphatic heterocycles. The number of carbonyl (C=O) groups is 3. The Morgan fingerprint density at radius 3 is 2.44 bits per heavy atom. The summed E-state index contributed by atoms with van der Waals surface area (Å²) in [5.74, 6) is 5.40. The Morgan fingerprint density at radius 1 is 0.933 bits per heavy atom. The van der Waals surface area contributed by atoms with Crippen molar-refractivity contribution in [1.82, 2.24) is 10.3 Å². The number of aromatic nitrogens is 1. The zero-order valence-electron chi connectivity index (χ0n) is 24.7. The summed E-state index contributed by atoms with van der Waals surface area (Å²) in [5, 5.41) is 3.16. The van der Waals surface area contributed by atoms with Crippen LogP contribution in [0.25, 0.3) is 10.9 Å². The van der Waals surface area contributed by atoms with Crippen LogP contribution >= 0.6 is 11.8 Å². The lowest BCUT2D eigenvalue weighted by molar-refractivity contribution is -0.124. The van der Waals surface area contributed by atoms with E-state index in [1.807, 2.05) is 60.8 Å². The van der Waals surface area contributed by atoms with E-state index in [1.165, 1.54) is 17.3 Å². The number of fused-ring (bicyclic) bond motifs is 1. The number of nitrogens with two attached hydrogens (primary N) is 1. The highest BCUT2D eigenvalue weighted by Gasteiger charge is 2.42. The number of aryl methyl sites for hydroxylation is 1. The summed E-state index contributed by atoms with van der Waals surface area (Å²) in [7, 11) is 0. The molecule has 1 aliphatic rings. The van der Waals surface area contributed by atoms with Gasteiger partial charge in [0.05, 0.1) is 5.25 Å². The van der Waals surface area contributed by atoms with Gasteiger partial charge < -0.3 is 16.0 Å². The van der Waals surface area contributed by atoms with Crippen LogP contribution in [0.3, 0.4) is 0 Å². The first-order valence-corrected chi connectivity index (χ1v) is 15.7. The number of primary amides is 1. The molecule has 6 rings (SSSR count). The molecule has 0 spiro atoms. The molecule has 2 atom stereocenters. The Hall–Kier alpha value is -5.26. The summed E-state index contributed by atoms with van der Waals surface area (Å²) in [5.41, 5.74) is 12.5. The normalized spacial score (nSPS) is 15.9. The van der Waals surface area contributed by atoms with Crippen LogP contribution in [-0.2, 0) is 16.0 Å². The Bertz CT molecular complexity index is 1940. The highest BCUT2D eigenvalue weighted by Crippen LogP contribution is 2.46. The highest BCUT2D eigenvalue weighted by molar-refractivity contribution is 8.01. The number of nitrogens with zero attached hydrogens (tertiary/aromatic N) is 1. The van der Waals surface area contributed by atoms with Crippen LogP contribution in [-0.4, -0.2) is 34.5 Å². The number of hydrogen-bond donors (Lipinski definition) is 3. The van der Waals surface area contributed by atoms with E-state index in [2.05, 4.69) is 47.3 Å². The molecule has 224 valence electrons. The Kier molecular flexibility index (Phi) is 8.72. The van der Waals surface area contributed by atoms with Gasteiger partial charge in [-0.15, -0.1) is 11.8 Å². The molecule has 4 N–H and O–H groups in total. The molecule has 0 aliphatic carbocycles. The van der Waals surface area contributed by atoms with Crippen molar-refractivity contribution in [2.45, 2.75) is 30.4 Å². The number of H-pyrrole nitrogens is 1. The second-order valence-corrected chi connectivity index (χ2v) is 12.3. The second-order valence-electron chi connectivity index (χ2n) is 11.0. The Morgan fingerprint density at radius 2 is 1.69 bits per heavy atom. The fourth-order valence-corrected chi connectivity index (χ4v) is 6.90. The largest absolute Gasteiger partial charge is 0.366 e. The minimum absolute atomic E-state index is 0.0413. The number of anilines is 1. The standard InChI is InChI=1S/C37H32N4O3S/c1-24-10-17-32-31(20-24)29(23-40-32)18-19-39-34(42)22-33-36(44)41(30-9-5-8-28(21-30)35(38)43)37(45-33)27-15-13-26(14-16-27)12-11-25-6-3-2-4-7-25/h2-10,13-17,20-21,23,33,37,40H,18-19,22H2,1H3,(H2,38,43)(H,39,42)/t33-,37+/m1/s1. The maximum atomic E-state index is 13.9. The van der Waals surface area contributed by atoms with Crippen molar-refractivity contribution < 1.29 is 14.4 Å². The van der Waals surface area contributed by atoms with E-state index in [1.54, 1.807) is 29.2 Å². The number of nitrogens with one attached hydrogen (secondary N) is 2. The summed E-state index contributed by atoms with van der Waals surface area (Å²) in [6.07, 6.45) is 2.70. The molecule has 0 saturated carbocycles. The lowest BCUT2D eigenvalue weighted by atomic mass is 10.1. The summed E-state index contributed by atoms with van der Waals surface area (Å²) < 4.78 is 0. The minimum atomic E-state index is -0.597. The van der Waals surface area contributed by atoms with Crippen molar-refractivity contribution in [1.29, 1.82) is 0 Å². The van der Waals surface area contributed by atoms with Gasteiger partial charge in [0, 0.05) is 52.4 Å². The molecule has 1 aromatic heterocycles. The van der Waals surface area contributed by atoms with Crippen LogP contribution in [0, 0.1) is 18.8 Å². The summed E-state index contributed by atoms with van der Waals surface area (Å²) in [6, 6.07) is 30.5. The molecule has 1 saturated heterocycles. The van der Waals surface area contributed by atoms with Crippen molar-refractivity contribution in [3.05, 3.63) is 137 Å². The van der Waals surface area contributed by atoms with Gasteiger partial charge in [0.2, 0.25) is 17.7 Å². The van der Waals surface area contributed by atoms with Crippen LogP contribution in [0.1, 0.15) is 50.0 Å². The van der Waals surface area contributed by atoms with Crippen molar-refractivity contribution in [2.24, 2.45) is 5.73 Å². The molecule has 8 heteroatoms. The molecule has 2 heterocycles. The summed E-state index contributed by atoms with van der Waals surface area (Å²) in [6.45, 7) is 2.52. The third-order valence-corrected chi connectivity index (χ3v) is 9.22. The number of rotatable bonds is 8. The smallest absolute Gasteiger partial charge is 0.248 e. The van der Waals surface area contributed by atoms with E-state index in [-0.39, 0.29) is 18.2 Å². The molecule has 45 heavy (non-hydrogen) atoms. The van der Waals surface area contributed by atoms with Gasteiger partial charge in [-0.05, 0) is 79.1 Å². The van der Waals surface area contributed by atoms with Crippen molar-refractivity contribution in [3.8, 4) is 11.8 Å². The topological polar surface area (TPSA) is 108 Å². The zero-order chi connectivity index (χ0) is 31.3. The van der Waals surface area contributed by atoms with Gasteiger partial charge in [-0.2, -0.15) is 0 Å². The predicted molar refractivity (Wildman–Crippen MR) is 180 cm³/mol. The molecule has 0 bridgehead atoms. The van der Waals surface area contributed by atoms with E-state index < -0.39 is 16.5 Å². The maximum absolute atomic E-state index is 13.9. The average molecular weight is 613 g/mol. The minimum Gasteiger partial charge on any atom is -0.366 e. The molecular weight excluding hydrogens is 580 g/mol. The van der Waals surface area contributed by atoms with E-state index >= 15 is 0 Å². The maximum Gasteiger partial charge on any atom is 0.248 e. The fourth-order valence-electron chi connectivity index (χ4n) is 5.45. The molecule has 4 aromatic carbocycles. The fraction of sp³-hybridized carbons (Fsp3) is 0.162. The van der Waals surface area contributed by atoms with Crippen molar-refractivity contribution in [3.63, 3.8) is 0 Å². The van der Waals surface area contributed by atoms with Gasteiger partial charge in [-0.3, -0.25) is 19.3 Å². The predicted octanol–water partition coefficient (Wildman–Crippen LogP) is 5.87. The molecule has 3 amide bonds. The van der Waals surface area contributed by atoms with Gasteiger partial charge in [-0.1, -0.05) is 59.9 Å². The third kappa shape index (κ3) is 6.79. The first-order valence-electron chi connectivity index (χ1n) is 14.7. The monoisotopic (exact) mass is 612 g/mol. The SMILES string of the molecule is Cc1ccc2[nH]cc(CCNC(=O)C[C@H]3S[C@@H](c4ccc(C#Cc5ccccc5)cc4)N(c4cccc(C(N)=O)c4)C3=O)c2c1. The number of aromatic amines is 1. The van der Waals surface area contributed by atoms with Gasteiger partial charge in [0.25, 0.3) is 0 Å². The van der Waals surface area contributed by atoms with Crippen molar-refractivity contribution >= 4 is 46.1 Å². The quantitative estimate of drug-likeness (QED) is 0.191. The van der Waals surface area contributed by atoms with Crippen LogP contribution in [0.15, 0.2) is 103 Å². The lowest BCUT2D eigenvalue weighted by Crippen LogP contribution is -2.34. The summed E-state index contributed by atoms with van der Waals surface area (Å²) >= 11 is 1.43. The molecule has 5 aromatic rings. The second kappa shape index (κ2) is 13.2. The van der Waals surface area contributed by atoms with E-state index in [0.717, 1.165) is 33.2 Å². The lowest BCUT2D eigenvalue weighted by Gasteiger charge is -2.24. The van der Waals surface area contributed by atoms with Gasteiger partial charge in [0.15, 0.2) is 0 Å². The third-order valence-electron chi connectivity index (χ3n) is 7.78. The van der Waals surface area contributed by atoms with Crippen molar-refractivity contribution in [2.75, 3.05) is 11.4 Å². The Labute approximate surface area is 266 Å². The summed E-state index contributed by atoms with van der Waals surface area (Å²) in [4.78, 5) is 43.8. The molecule has 1 fully saturated rings. The molecular formula is C37H32N4O3S. The van der Waals surface area contributed by atoms with Gasteiger partial charge in [-0.25, -0.2) is 0 Å². The van der Waals surface area contributed by atoms with Gasteiger partial charge in [0.1, 0.15) is 5.37 Å². The van der Waals surface area contributed by atoms with E-state index in [4.69, 9.17) is 5.73 Å². The Balaban J connectivity index is 1.18. The van der Waals surface area contributed by atoms with Gasteiger partial charge >= 0.3 is 0 Å². The van der Waals surface area contributed by atoms with E-state index in [0.29, 0.717) is 24.2 Å². The number of amides is 3. The average Bonchev–Trinajstić information content (AvgIpc) is 3.60. The van der Waals surface area contributed by atoms with Crippen LogP contribution < -0.4 is 16.0 Å². The van der Waals surface area contributed by atoms with Crippen LogP contribution in [0.2, 0.25) is 0 Å². The number of benzene rings is 4. The highest BCUT2D eigenvalue weighted by atomic mass is 32.2. The van der Waals surface area contributed by atoms with Crippen LogP contribution in [0.5, 0.6) is 0 Å². The van der Waals surface area contributed by atoms with Crippen LogP contribution in [0.4, 0.5) is 5.69 Å². The zero-order valence-corrected chi connectivity index (χ0v) is 25.6. The molecule has 7 nitrogen and oxygen atoms in total. The number of hydrogen-bond acceptors (Lipinski definition) is 4.